The second-order valence-electron chi connectivity index (χ2n) is 9.44. The molecule has 36 heavy (non-hydrogen) atoms. The van der Waals surface area contributed by atoms with Crippen LogP contribution in [0.3, 0.4) is 0 Å². The smallest absolute Gasteiger partial charge is 0.274 e. The van der Waals surface area contributed by atoms with E-state index in [-0.39, 0.29) is 17.5 Å². The van der Waals surface area contributed by atoms with Crippen molar-refractivity contribution in [3.05, 3.63) is 22.4 Å². The van der Waals surface area contributed by atoms with E-state index in [1.807, 2.05) is 0 Å². The van der Waals surface area contributed by atoms with Crippen LogP contribution < -0.4 is 33.4 Å². The number of aryl methyl sites for hydroxylation is 1. The molecule has 0 atom stereocenters. The molecule has 1 aliphatic heterocycles. The Kier molecular flexibility index (Phi) is 16.0. The Balaban J connectivity index is 0.000000960. The number of aliphatic imine (C=N–C) groups is 2. The third-order valence-corrected chi connectivity index (χ3v) is 6.19. The highest BCUT2D eigenvalue weighted by Gasteiger charge is 2.23. The average Bonchev–Trinajstić information content (AvgIpc) is 2.83. The molecule has 0 bridgehead atoms. The Morgan fingerprint density at radius 2 is 1.53 bits per heavy atom. The Morgan fingerprint density at radius 1 is 1.00 bits per heavy atom. The first-order chi connectivity index (χ1) is 17.3. The van der Waals surface area contributed by atoms with E-state index < -0.39 is 0 Å². The number of unbranched alkanes of at least 4 members (excludes halogenated alkanes) is 3. The van der Waals surface area contributed by atoms with E-state index in [0.29, 0.717) is 30.5 Å². The third-order valence-electron chi connectivity index (χ3n) is 6.19. The first-order valence-corrected chi connectivity index (χ1v) is 13.4. The minimum absolute atomic E-state index is 0.0676. The molecule has 0 spiro atoms. The Bertz CT molecular complexity index is 794. The fourth-order valence-corrected chi connectivity index (χ4v) is 4.22. The van der Waals surface area contributed by atoms with Gasteiger partial charge in [0, 0.05) is 32.7 Å². The van der Waals surface area contributed by atoms with Gasteiger partial charge < -0.3 is 37.7 Å². The Hall–Kier alpha value is -2.82. The van der Waals surface area contributed by atoms with Crippen LogP contribution in [0, 0.1) is 12.8 Å². The van der Waals surface area contributed by atoms with Crippen molar-refractivity contribution in [2.75, 3.05) is 50.7 Å². The fraction of sp³-hybridized carbons (Fsp3) is 0.760. The van der Waals surface area contributed by atoms with Gasteiger partial charge in [-0.05, 0) is 51.6 Å². The van der Waals surface area contributed by atoms with Gasteiger partial charge in [0.2, 0.25) is 0 Å². The molecule has 0 aliphatic carbocycles. The number of aromatic amines is 1. The number of rotatable bonds is 14. The van der Waals surface area contributed by atoms with Gasteiger partial charge >= 0.3 is 0 Å². The summed E-state index contributed by atoms with van der Waals surface area (Å²) in [6, 6.07) is 0. The van der Waals surface area contributed by atoms with Crippen LogP contribution in [-0.4, -0.2) is 72.6 Å². The van der Waals surface area contributed by atoms with Gasteiger partial charge in [-0.3, -0.25) is 14.8 Å². The normalized spacial score (nSPS) is 13.7. The zero-order valence-corrected chi connectivity index (χ0v) is 22.7. The number of guanidine groups is 2. The number of piperidine rings is 1. The summed E-state index contributed by atoms with van der Waals surface area (Å²) in [4.78, 5) is 31.9. The van der Waals surface area contributed by atoms with Gasteiger partial charge in [-0.1, -0.05) is 39.5 Å². The Labute approximate surface area is 216 Å². The lowest BCUT2D eigenvalue weighted by Gasteiger charge is -2.35. The zero-order chi connectivity index (χ0) is 26.8. The monoisotopic (exact) mass is 506 g/mol. The summed E-state index contributed by atoms with van der Waals surface area (Å²) < 4.78 is 0. The van der Waals surface area contributed by atoms with Crippen LogP contribution in [-0.2, 0) is 0 Å². The highest BCUT2D eigenvalue weighted by atomic mass is 16.1. The standard InChI is InChI=1S/C19H36N10O.C6H14/c1-14-26-12-16(17(30)27-14)29-10-4-15(5-11-29)13-28(8-2-6-24-18(20)21)9-3-7-25-19(22)23;1-3-5-6-4-2/h12,15H,2-11,13H2,1H3,(H4,20,21,24)(H4,22,23,25)(H,26,27,30);3-6H2,1-2H3. The van der Waals surface area contributed by atoms with E-state index in [4.69, 9.17) is 22.9 Å². The molecule has 2 rings (SSSR count). The maximum absolute atomic E-state index is 12.2. The summed E-state index contributed by atoms with van der Waals surface area (Å²) in [5.74, 6) is 1.46. The fourth-order valence-electron chi connectivity index (χ4n) is 4.22. The number of aromatic nitrogens is 2. The SMILES string of the molecule is CCCCCC.Cc1ncc(N2CCC(CN(CCCN=C(N)N)CCCN=C(N)N)CC2)c(=O)[nH]1. The maximum Gasteiger partial charge on any atom is 0.274 e. The molecule has 0 unspecified atom stereocenters. The lowest BCUT2D eigenvalue weighted by molar-refractivity contribution is 0.209. The van der Waals surface area contributed by atoms with Crippen LogP contribution in [0.1, 0.15) is 71.0 Å². The second-order valence-corrected chi connectivity index (χ2v) is 9.44. The van der Waals surface area contributed by atoms with E-state index in [1.54, 1.807) is 13.1 Å². The van der Waals surface area contributed by atoms with Crippen molar-refractivity contribution in [1.82, 2.24) is 14.9 Å². The van der Waals surface area contributed by atoms with Gasteiger partial charge in [-0.25, -0.2) is 4.98 Å². The first kappa shape index (κ1) is 31.2. The minimum atomic E-state index is -0.0676. The van der Waals surface area contributed by atoms with E-state index in [1.165, 1.54) is 25.7 Å². The highest BCUT2D eigenvalue weighted by Crippen LogP contribution is 2.21. The van der Waals surface area contributed by atoms with Crippen molar-refractivity contribution in [2.45, 2.75) is 72.1 Å². The van der Waals surface area contributed by atoms with Crippen molar-refractivity contribution in [3.8, 4) is 0 Å². The van der Waals surface area contributed by atoms with Crippen LogP contribution >= 0.6 is 0 Å². The van der Waals surface area contributed by atoms with E-state index in [9.17, 15) is 4.79 Å². The molecule has 11 heteroatoms. The van der Waals surface area contributed by atoms with Crippen molar-refractivity contribution in [1.29, 1.82) is 0 Å². The largest absolute Gasteiger partial charge is 0.370 e. The molecular formula is C25H50N10O. The summed E-state index contributed by atoms with van der Waals surface area (Å²) in [6.45, 7) is 12.0. The highest BCUT2D eigenvalue weighted by molar-refractivity contribution is 5.75. The summed E-state index contributed by atoms with van der Waals surface area (Å²) in [7, 11) is 0. The molecule has 1 aromatic rings. The van der Waals surface area contributed by atoms with Gasteiger partial charge in [0.15, 0.2) is 11.9 Å². The maximum atomic E-state index is 12.2. The molecule has 0 radical (unpaired) electrons. The number of hydrogen-bond donors (Lipinski definition) is 5. The summed E-state index contributed by atoms with van der Waals surface area (Å²) >= 11 is 0. The van der Waals surface area contributed by atoms with Crippen LogP contribution in [0.5, 0.6) is 0 Å². The van der Waals surface area contributed by atoms with Crippen LogP contribution in [0.2, 0.25) is 0 Å². The summed E-state index contributed by atoms with van der Waals surface area (Å²) in [6.07, 6.45) is 11.1. The molecule has 1 aromatic heterocycles. The lowest BCUT2D eigenvalue weighted by Crippen LogP contribution is -2.41. The average molecular weight is 507 g/mol. The first-order valence-electron chi connectivity index (χ1n) is 13.4. The summed E-state index contributed by atoms with van der Waals surface area (Å²) in [5, 5.41) is 0. The topological polar surface area (TPSA) is 181 Å². The second kappa shape index (κ2) is 18.4. The third kappa shape index (κ3) is 13.9. The van der Waals surface area contributed by atoms with Gasteiger partial charge in [0.1, 0.15) is 11.5 Å². The van der Waals surface area contributed by atoms with Crippen LogP contribution in [0.15, 0.2) is 21.0 Å². The minimum Gasteiger partial charge on any atom is -0.370 e. The van der Waals surface area contributed by atoms with Crippen molar-refractivity contribution >= 4 is 17.6 Å². The number of hydrogen-bond acceptors (Lipinski definition) is 6. The van der Waals surface area contributed by atoms with Crippen molar-refractivity contribution < 1.29 is 0 Å². The molecule has 1 aliphatic rings. The molecule has 2 heterocycles. The molecule has 1 fully saturated rings. The van der Waals surface area contributed by atoms with E-state index >= 15 is 0 Å². The quantitative estimate of drug-likeness (QED) is 0.143. The predicted molar refractivity (Wildman–Crippen MR) is 151 cm³/mol. The molecule has 11 nitrogen and oxygen atoms in total. The molecule has 9 N–H and O–H groups in total. The van der Waals surface area contributed by atoms with Crippen LogP contribution in [0.4, 0.5) is 5.69 Å². The van der Waals surface area contributed by atoms with E-state index in [2.05, 4.69) is 43.6 Å². The molecule has 1 saturated heterocycles. The van der Waals surface area contributed by atoms with Crippen LogP contribution in [0.25, 0.3) is 0 Å². The predicted octanol–water partition coefficient (Wildman–Crippen LogP) is 1.51. The van der Waals surface area contributed by atoms with Gasteiger partial charge in [0.25, 0.3) is 5.56 Å². The van der Waals surface area contributed by atoms with Gasteiger partial charge in [-0.2, -0.15) is 0 Å². The number of nitrogens with zero attached hydrogens (tertiary/aromatic N) is 5. The molecule has 0 amide bonds. The van der Waals surface area contributed by atoms with Crippen molar-refractivity contribution in [3.63, 3.8) is 0 Å². The molecule has 206 valence electrons. The number of anilines is 1. The van der Waals surface area contributed by atoms with Crippen molar-refractivity contribution in [2.24, 2.45) is 38.8 Å². The van der Waals surface area contributed by atoms with Gasteiger partial charge in [-0.15, -0.1) is 0 Å². The lowest BCUT2D eigenvalue weighted by atomic mass is 9.95. The molecule has 0 saturated carbocycles. The number of nitrogens with two attached hydrogens (primary N) is 4. The van der Waals surface area contributed by atoms with Gasteiger partial charge in [0.05, 0.1) is 6.20 Å². The number of nitrogens with one attached hydrogen (secondary N) is 1. The van der Waals surface area contributed by atoms with E-state index in [0.717, 1.165) is 58.4 Å². The summed E-state index contributed by atoms with van der Waals surface area (Å²) in [5.41, 5.74) is 22.2. The number of H-pyrrole nitrogens is 1. The molecule has 0 aromatic carbocycles. The Morgan fingerprint density at radius 3 is 1.97 bits per heavy atom. The zero-order valence-electron chi connectivity index (χ0n) is 22.7. The molecular weight excluding hydrogens is 456 g/mol.